The van der Waals surface area contributed by atoms with E-state index in [9.17, 15) is 0 Å². The van der Waals surface area contributed by atoms with Gasteiger partial charge in [0.15, 0.2) is 5.17 Å². The van der Waals surface area contributed by atoms with Crippen LogP contribution in [0.4, 0.5) is 0 Å². The van der Waals surface area contributed by atoms with Gasteiger partial charge in [0.2, 0.25) is 0 Å². The summed E-state index contributed by atoms with van der Waals surface area (Å²) in [6.45, 7) is 0. The lowest BCUT2D eigenvalue weighted by atomic mass is 10.2. The number of allylic oxidation sites excluding steroid dienone is 4. The summed E-state index contributed by atoms with van der Waals surface area (Å²) in [4.78, 5) is 0. The minimum absolute atomic E-state index is 0.491. The maximum atomic E-state index is 5.77. The third-order valence-corrected chi connectivity index (χ3v) is 2.45. The van der Waals surface area contributed by atoms with E-state index in [1.54, 1.807) is 11.1 Å². The van der Waals surface area contributed by atoms with Crippen LogP contribution >= 0.6 is 27.5 Å². The maximum absolute atomic E-state index is 5.77. The number of hydrogen-bond acceptors (Lipinski definition) is 2. The van der Waals surface area contributed by atoms with Gasteiger partial charge in [-0.1, -0.05) is 23.8 Å². The first-order valence-electron chi connectivity index (χ1n) is 3.55. The first-order chi connectivity index (χ1) is 5.77. The molecule has 0 fully saturated rings. The van der Waals surface area contributed by atoms with Crippen molar-refractivity contribution in [1.82, 2.24) is 5.01 Å². The van der Waals surface area contributed by atoms with Crippen LogP contribution in [0.25, 0.3) is 0 Å². The molecule has 0 saturated carbocycles. The Kier molecular flexibility index (Phi) is 2.07. The van der Waals surface area contributed by atoms with Crippen molar-refractivity contribution >= 4 is 32.7 Å². The fourth-order valence-electron chi connectivity index (χ4n) is 1.12. The molecule has 62 valence electrons. The molecule has 2 aliphatic heterocycles. The Hall–Kier alpha value is -0.540. The van der Waals surface area contributed by atoms with Gasteiger partial charge >= 0.3 is 0 Å². The van der Waals surface area contributed by atoms with E-state index in [-0.39, 0.29) is 0 Å². The van der Waals surface area contributed by atoms with Gasteiger partial charge in [0.25, 0.3) is 0 Å². The molecule has 2 heterocycles. The Morgan fingerprint density at radius 3 is 3.25 bits per heavy atom. The van der Waals surface area contributed by atoms with Gasteiger partial charge in [-0.3, -0.25) is 0 Å². The van der Waals surface area contributed by atoms with Gasteiger partial charge in [0, 0.05) is 10.7 Å². The average Bonchev–Trinajstić information content (AvgIpc) is 2.04. The van der Waals surface area contributed by atoms with E-state index < -0.39 is 0 Å². The first kappa shape index (κ1) is 8.08. The lowest BCUT2D eigenvalue weighted by Gasteiger charge is -2.23. The molecule has 0 bridgehead atoms. The summed E-state index contributed by atoms with van der Waals surface area (Å²) >= 11 is 9.19. The molecule has 12 heavy (non-hydrogen) atoms. The highest BCUT2D eigenvalue weighted by atomic mass is 79.9. The minimum Gasteiger partial charge on any atom is -0.239 e. The predicted molar refractivity (Wildman–Crippen MR) is 54.0 cm³/mol. The van der Waals surface area contributed by atoms with Crippen LogP contribution in [0.2, 0.25) is 0 Å². The average molecular weight is 246 g/mol. The normalized spacial score (nSPS) is 21.2. The topological polar surface area (TPSA) is 15.6 Å². The summed E-state index contributed by atoms with van der Waals surface area (Å²) in [5, 5.41) is 6.36. The molecule has 2 nitrogen and oxygen atoms in total. The zero-order valence-corrected chi connectivity index (χ0v) is 8.51. The van der Waals surface area contributed by atoms with Crippen LogP contribution in [0, 0.1) is 0 Å². The predicted octanol–water partition coefficient (Wildman–Crippen LogP) is 2.93. The molecule has 0 unspecified atom stereocenters. The van der Waals surface area contributed by atoms with Crippen molar-refractivity contribution in [2.24, 2.45) is 5.10 Å². The van der Waals surface area contributed by atoms with Crippen molar-refractivity contribution in [3.05, 3.63) is 34.6 Å². The van der Waals surface area contributed by atoms with Gasteiger partial charge in [-0.25, -0.2) is 5.01 Å². The molecule has 0 aliphatic carbocycles. The van der Waals surface area contributed by atoms with Gasteiger partial charge in [-0.05, 0) is 28.4 Å². The van der Waals surface area contributed by atoms with Crippen molar-refractivity contribution in [2.75, 3.05) is 0 Å². The molecule has 4 heteroatoms. The van der Waals surface area contributed by atoms with Crippen LogP contribution < -0.4 is 0 Å². The Morgan fingerprint density at radius 2 is 2.42 bits per heavy atom. The van der Waals surface area contributed by atoms with Crippen LogP contribution in [0.5, 0.6) is 0 Å². The minimum atomic E-state index is 0.491. The van der Waals surface area contributed by atoms with Crippen LogP contribution in [0.3, 0.4) is 0 Å². The number of hydrazone groups is 1. The van der Waals surface area contributed by atoms with Crippen LogP contribution in [0.1, 0.15) is 6.42 Å². The number of fused-ring (bicyclic) bond motifs is 1. The number of hydrogen-bond donors (Lipinski definition) is 0. The Morgan fingerprint density at radius 1 is 1.58 bits per heavy atom. The molecule has 2 rings (SSSR count). The van der Waals surface area contributed by atoms with E-state index >= 15 is 0 Å². The fraction of sp³-hybridized carbons (Fsp3) is 0.125. The molecule has 0 saturated heterocycles. The molecule has 0 amide bonds. The summed E-state index contributed by atoms with van der Waals surface area (Å²) in [7, 11) is 0. The van der Waals surface area contributed by atoms with Crippen molar-refractivity contribution < 1.29 is 0 Å². The second kappa shape index (κ2) is 3.07. The molecule has 0 aromatic carbocycles. The maximum Gasteiger partial charge on any atom is 0.151 e. The van der Waals surface area contributed by atoms with E-state index in [1.807, 2.05) is 12.3 Å². The highest BCUT2D eigenvalue weighted by molar-refractivity contribution is 9.12. The fourth-order valence-corrected chi connectivity index (χ4v) is 2.00. The lowest BCUT2D eigenvalue weighted by Crippen LogP contribution is -2.17. The van der Waals surface area contributed by atoms with Gasteiger partial charge in [0.05, 0.1) is 5.70 Å². The Balaban J connectivity index is 2.41. The van der Waals surface area contributed by atoms with Crippen molar-refractivity contribution in [1.29, 1.82) is 0 Å². The van der Waals surface area contributed by atoms with Crippen LogP contribution in [0.15, 0.2) is 39.7 Å². The van der Waals surface area contributed by atoms with E-state index in [2.05, 4.69) is 27.1 Å². The lowest BCUT2D eigenvalue weighted by molar-refractivity contribution is 0.500. The molecule has 0 aromatic rings. The highest BCUT2D eigenvalue weighted by Crippen LogP contribution is 2.29. The summed E-state index contributed by atoms with van der Waals surface area (Å²) in [6.07, 6.45) is 8.77. The molecule has 0 N–H and O–H groups in total. The molecular weight excluding hydrogens is 239 g/mol. The quantitative estimate of drug-likeness (QED) is 0.641. The highest BCUT2D eigenvalue weighted by Gasteiger charge is 2.16. The van der Waals surface area contributed by atoms with Crippen molar-refractivity contribution in [3.8, 4) is 0 Å². The van der Waals surface area contributed by atoms with E-state index in [0.29, 0.717) is 5.17 Å². The number of rotatable bonds is 0. The molecule has 0 spiro atoms. The van der Waals surface area contributed by atoms with E-state index in [4.69, 9.17) is 11.6 Å². The Bertz CT molecular complexity index is 328. The smallest absolute Gasteiger partial charge is 0.151 e. The standard InChI is InChI=1S/C8H6BrClN2/c9-6-5-8(10)11-12-4-2-1-3-7(6)12/h2-5H,1H2. The molecular formula is C8H6BrClN2. The van der Waals surface area contributed by atoms with Gasteiger partial charge < -0.3 is 0 Å². The van der Waals surface area contributed by atoms with Crippen molar-refractivity contribution in [2.45, 2.75) is 6.42 Å². The number of halogens is 2. The second-order valence-electron chi connectivity index (χ2n) is 2.47. The van der Waals surface area contributed by atoms with Crippen molar-refractivity contribution in [3.63, 3.8) is 0 Å². The van der Waals surface area contributed by atoms with Gasteiger partial charge in [-0.15, -0.1) is 0 Å². The zero-order chi connectivity index (χ0) is 8.55. The van der Waals surface area contributed by atoms with Gasteiger partial charge in [0.1, 0.15) is 0 Å². The van der Waals surface area contributed by atoms with E-state index in [0.717, 1.165) is 16.6 Å². The number of nitrogens with zero attached hydrogens (tertiary/aromatic N) is 2. The third kappa shape index (κ3) is 1.34. The summed E-state index contributed by atoms with van der Waals surface area (Å²) in [5.74, 6) is 0. The largest absolute Gasteiger partial charge is 0.239 e. The van der Waals surface area contributed by atoms with E-state index in [1.165, 1.54) is 0 Å². The van der Waals surface area contributed by atoms with Crippen LogP contribution in [-0.4, -0.2) is 10.2 Å². The summed E-state index contributed by atoms with van der Waals surface area (Å²) in [6, 6.07) is 0. The zero-order valence-electron chi connectivity index (χ0n) is 6.17. The summed E-state index contributed by atoms with van der Waals surface area (Å²) in [5.41, 5.74) is 1.06. The Labute approximate surface area is 84.0 Å². The SMILES string of the molecule is ClC1=NN2C=CCC=C2C(Br)=C1. The summed E-state index contributed by atoms with van der Waals surface area (Å²) < 4.78 is 0.979. The van der Waals surface area contributed by atoms with Gasteiger partial charge in [-0.2, -0.15) is 5.10 Å². The second-order valence-corrected chi connectivity index (χ2v) is 3.71. The molecule has 0 atom stereocenters. The third-order valence-electron chi connectivity index (χ3n) is 1.63. The monoisotopic (exact) mass is 244 g/mol. The van der Waals surface area contributed by atoms with Crippen LogP contribution in [-0.2, 0) is 0 Å². The first-order valence-corrected chi connectivity index (χ1v) is 4.72. The molecule has 2 aliphatic rings. The molecule has 0 aromatic heterocycles. The molecule has 0 radical (unpaired) electrons.